The lowest BCUT2D eigenvalue weighted by molar-refractivity contribution is -0.130. The van der Waals surface area contributed by atoms with E-state index in [0.717, 1.165) is 17.4 Å². The van der Waals surface area contributed by atoms with E-state index >= 15 is 0 Å². The molecule has 1 aromatic heterocycles. The average Bonchev–Trinajstić information content (AvgIpc) is 3.17. The van der Waals surface area contributed by atoms with Gasteiger partial charge in [-0.3, -0.25) is 18.7 Å². The largest absolute Gasteiger partial charge is 0.341 e. The highest BCUT2D eigenvalue weighted by Crippen LogP contribution is 2.15. The zero-order chi connectivity index (χ0) is 19.1. The predicted octanol–water partition coefficient (Wildman–Crippen LogP) is -0.769. The van der Waals surface area contributed by atoms with Crippen LogP contribution in [0.2, 0.25) is 0 Å². The van der Waals surface area contributed by atoms with Gasteiger partial charge < -0.3 is 4.90 Å². The SMILES string of the molecule is CNS(=O)(=O)c1ccc2c(c1)c(=O)n(CC(=O)N1CCCC1)c(=O)n2C. The van der Waals surface area contributed by atoms with Crippen molar-refractivity contribution in [3.8, 4) is 0 Å². The Hall–Kier alpha value is -2.46. The van der Waals surface area contributed by atoms with E-state index in [1.165, 1.54) is 36.9 Å². The smallest absolute Gasteiger partial charge is 0.331 e. The minimum absolute atomic E-state index is 0.0673. The van der Waals surface area contributed by atoms with Crippen molar-refractivity contribution in [3.05, 3.63) is 39.0 Å². The molecule has 0 aliphatic carbocycles. The van der Waals surface area contributed by atoms with Crippen molar-refractivity contribution >= 4 is 26.8 Å². The molecule has 9 nitrogen and oxygen atoms in total. The number of carbonyl (C=O) groups is 1. The fraction of sp³-hybridized carbons (Fsp3) is 0.438. The molecule has 0 spiro atoms. The van der Waals surface area contributed by atoms with Crippen molar-refractivity contribution in [2.45, 2.75) is 24.3 Å². The first-order chi connectivity index (χ1) is 12.3. The lowest BCUT2D eigenvalue weighted by Gasteiger charge is -2.17. The summed E-state index contributed by atoms with van der Waals surface area (Å²) in [4.78, 5) is 39.2. The van der Waals surface area contributed by atoms with E-state index in [4.69, 9.17) is 0 Å². The molecule has 1 aliphatic heterocycles. The van der Waals surface area contributed by atoms with Gasteiger partial charge in [-0.2, -0.15) is 0 Å². The lowest BCUT2D eigenvalue weighted by Crippen LogP contribution is -2.43. The maximum atomic E-state index is 12.8. The molecule has 1 saturated heterocycles. The second-order valence-electron chi connectivity index (χ2n) is 6.21. The van der Waals surface area contributed by atoms with Crippen LogP contribution >= 0.6 is 0 Å². The molecule has 1 aliphatic rings. The number of aryl methyl sites for hydroxylation is 1. The summed E-state index contributed by atoms with van der Waals surface area (Å²) in [5.41, 5.74) is -0.983. The number of likely N-dealkylation sites (tertiary alicyclic amines) is 1. The highest BCUT2D eigenvalue weighted by molar-refractivity contribution is 7.89. The Morgan fingerprint density at radius 3 is 2.46 bits per heavy atom. The van der Waals surface area contributed by atoms with E-state index in [9.17, 15) is 22.8 Å². The first kappa shape index (κ1) is 18.3. The van der Waals surface area contributed by atoms with Crippen molar-refractivity contribution in [2.24, 2.45) is 7.05 Å². The predicted molar refractivity (Wildman–Crippen MR) is 95.5 cm³/mol. The highest BCUT2D eigenvalue weighted by Gasteiger charge is 2.22. The quantitative estimate of drug-likeness (QED) is 0.749. The average molecular weight is 380 g/mol. The van der Waals surface area contributed by atoms with Crippen molar-refractivity contribution in [2.75, 3.05) is 20.1 Å². The molecule has 140 valence electrons. The van der Waals surface area contributed by atoms with Gasteiger partial charge in [0.15, 0.2) is 0 Å². The number of nitrogens with one attached hydrogen (secondary N) is 1. The van der Waals surface area contributed by atoms with E-state index in [1.807, 2.05) is 0 Å². The van der Waals surface area contributed by atoms with E-state index in [2.05, 4.69) is 4.72 Å². The van der Waals surface area contributed by atoms with Crippen molar-refractivity contribution in [1.29, 1.82) is 0 Å². The molecule has 2 heterocycles. The maximum Gasteiger partial charge on any atom is 0.331 e. The highest BCUT2D eigenvalue weighted by atomic mass is 32.2. The molecule has 1 fully saturated rings. The third kappa shape index (κ3) is 3.06. The second kappa shape index (κ2) is 6.69. The number of rotatable bonds is 4. The standard InChI is InChI=1S/C16H20N4O5S/c1-17-26(24,25)11-5-6-13-12(9-11)15(22)20(16(23)18(13)2)10-14(21)19-7-3-4-8-19/h5-6,9,17H,3-4,7-8,10H2,1-2H3. The maximum absolute atomic E-state index is 12.8. The number of nitrogens with zero attached hydrogens (tertiary/aromatic N) is 3. The Bertz CT molecular complexity index is 1090. The lowest BCUT2D eigenvalue weighted by atomic mass is 10.2. The molecule has 0 bridgehead atoms. The molecule has 0 radical (unpaired) electrons. The summed E-state index contributed by atoms with van der Waals surface area (Å²) in [6, 6.07) is 3.96. The van der Waals surface area contributed by atoms with Gasteiger partial charge in [0.05, 0.1) is 15.8 Å². The Labute approximate surface area is 149 Å². The number of amides is 1. The zero-order valence-corrected chi connectivity index (χ0v) is 15.4. The monoisotopic (exact) mass is 380 g/mol. The Morgan fingerprint density at radius 1 is 1.19 bits per heavy atom. The summed E-state index contributed by atoms with van der Waals surface area (Å²) in [6.07, 6.45) is 1.81. The van der Waals surface area contributed by atoms with Crippen LogP contribution in [0, 0.1) is 0 Å². The summed E-state index contributed by atoms with van der Waals surface area (Å²) < 4.78 is 28.3. The summed E-state index contributed by atoms with van der Waals surface area (Å²) in [6.45, 7) is 0.878. The molecule has 26 heavy (non-hydrogen) atoms. The molecule has 1 amide bonds. The van der Waals surface area contributed by atoms with Crippen LogP contribution in [-0.4, -0.2) is 48.5 Å². The van der Waals surface area contributed by atoms with Crippen LogP contribution in [0.5, 0.6) is 0 Å². The molecule has 0 saturated carbocycles. The van der Waals surface area contributed by atoms with Gasteiger partial charge in [-0.15, -0.1) is 0 Å². The fourth-order valence-electron chi connectivity index (χ4n) is 3.12. The third-order valence-electron chi connectivity index (χ3n) is 4.65. The van der Waals surface area contributed by atoms with Crippen LogP contribution in [0.4, 0.5) is 0 Å². The molecule has 2 aromatic rings. The van der Waals surface area contributed by atoms with Crippen LogP contribution in [0.25, 0.3) is 10.9 Å². The topological polar surface area (TPSA) is 110 Å². The molecule has 1 N–H and O–H groups in total. The van der Waals surface area contributed by atoms with Crippen LogP contribution in [0.3, 0.4) is 0 Å². The Kier molecular flexibility index (Phi) is 4.72. The number of hydrogen-bond acceptors (Lipinski definition) is 5. The molecule has 3 rings (SSSR count). The molecule has 1 aromatic carbocycles. The van der Waals surface area contributed by atoms with Gasteiger partial charge in [0.1, 0.15) is 6.54 Å². The van der Waals surface area contributed by atoms with Crippen molar-refractivity contribution in [1.82, 2.24) is 18.8 Å². The van der Waals surface area contributed by atoms with Crippen LogP contribution in [0.1, 0.15) is 12.8 Å². The van der Waals surface area contributed by atoms with Crippen molar-refractivity contribution < 1.29 is 13.2 Å². The molecule has 0 atom stereocenters. The summed E-state index contributed by atoms with van der Waals surface area (Å²) in [5, 5.41) is 0.0673. The molecular formula is C16H20N4O5S. The van der Waals surface area contributed by atoms with Crippen LogP contribution in [-0.2, 0) is 28.4 Å². The zero-order valence-electron chi connectivity index (χ0n) is 14.6. The molecule has 10 heteroatoms. The van der Waals surface area contributed by atoms with E-state index < -0.39 is 21.3 Å². The minimum Gasteiger partial charge on any atom is -0.341 e. The number of fused-ring (bicyclic) bond motifs is 1. The van der Waals surface area contributed by atoms with Crippen LogP contribution in [0.15, 0.2) is 32.7 Å². The number of sulfonamides is 1. The van der Waals surface area contributed by atoms with Crippen molar-refractivity contribution in [3.63, 3.8) is 0 Å². The Morgan fingerprint density at radius 2 is 1.85 bits per heavy atom. The molecule has 0 unspecified atom stereocenters. The summed E-state index contributed by atoms with van der Waals surface area (Å²) >= 11 is 0. The first-order valence-corrected chi connectivity index (χ1v) is 9.69. The normalized spacial score (nSPS) is 14.9. The Balaban J connectivity index is 2.16. The number of benzene rings is 1. The summed E-state index contributed by atoms with van der Waals surface area (Å²) in [5.74, 6) is -0.292. The summed E-state index contributed by atoms with van der Waals surface area (Å²) in [7, 11) is -0.989. The van der Waals surface area contributed by atoms with E-state index in [-0.39, 0.29) is 22.7 Å². The second-order valence-corrected chi connectivity index (χ2v) is 8.09. The van der Waals surface area contributed by atoms with E-state index in [1.54, 1.807) is 4.90 Å². The third-order valence-corrected chi connectivity index (χ3v) is 6.07. The first-order valence-electron chi connectivity index (χ1n) is 8.21. The fourth-order valence-corrected chi connectivity index (χ4v) is 3.88. The number of hydrogen-bond donors (Lipinski definition) is 1. The number of carbonyl (C=O) groups excluding carboxylic acids is 1. The number of aromatic nitrogens is 2. The minimum atomic E-state index is -3.74. The van der Waals surface area contributed by atoms with Crippen LogP contribution < -0.4 is 16.0 Å². The van der Waals surface area contributed by atoms with Gasteiger partial charge in [0.2, 0.25) is 15.9 Å². The van der Waals surface area contributed by atoms with Gasteiger partial charge >= 0.3 is 5.69 Å². The van der Waals surface area contributed by atoms with E-state index in [0.29, 0.717) is 18.6 Å². The van der Waals surface area contributed by atoms with Gasteiger partial charge in [-0.25, -0.2) is 17.9 Å². The van der Waals surface area contributed by atoms with Gasteiger partial charge in [-0.1, -0.05) is 0 Å². The van der Waals surface area contributed by atoms with Gasteiger partial charge in [0.25, 0.3) is 5.56 Å². The van der Waals surface area contributed by atoms with Gasteiger partial charge in [-0.05, 0) is 38.1 Å². The van der Waals surface area contributed by atoms with Gasteiger partial charge in [0, 0.05) is 20.1 Å². The molecular weight excluding hydrogens is 360 g/mol.